The lowest BCUT2D eigenvalue weighted by atomic mass is 10.0. The molecular weight excluding hydrogens is 390 g/mol. The molecule has 1 amide bonds. The first-order valence-electron chi connectivity index (χ1n) is 9.91. The number of rotatable bonds is 5. The summed E-state index contributed by atoms with van der Waals surface area (Å²) in [7, 11) is 1.68. The maximum absolute atomic E-state index is 13.1. The first kappa shape index (κ1) is 20.2. The van der Waals surface area contributed by atoms with Crippen molar-refractivity contribution in [3.63, 3.8) is 0 Å². The van der Waals surface area contributed by atoms with Gasteiger partial charge in [0.05, 0.1) is 23.1 Å². The van der Waals surface area contributed by atoms with Gasteiger partial charge in [-0.25, -0.2) is 4.68 Å². The normalized spacial score (nSPS) is 10.8. The van der Waals surface area contributed by atoms with Gasteiger partial charge in [-0.05, 0) is 36.2 Å². The lowest BCUT2D eigenvalue weighted by molar-refractivity contribution is 0.0782. The van der Waals surface area contributed by atoms with Gasteiger partial charge in [-0.2, -0.15) is 5.10 Å². The molecule has 0 spiro atoms. The van der Waals surface area contributed by atoms with Crippen LogP contribution in [0.2, 0.25) is 0 Å². The minimum atomic E-state index is -0.343. The smallest absolute Gasteiger partial charge is 0.257 e. The van der Waals surface area contributed by atoms with Crippen molar-refractivity contribution < 1.29 is 15.0 Å². The van der Waals surface area contributed by atoms with Crippen molar-refractivity contribution in [1.82, 2.24) is 14.7 Å². The van der Waals surface area contributed by atoms with Gasteiger partial charge in [0, 0.05) is 25.2 Å². The molecular formula is C25H23N3O3. The summed E-state index contributed by atoms with van der Waals surface area (Å²) in [5.74, 6) is -0.743. The summed E-state index contributed by atoms with van der Waals surface area (Å²) in [6.07, 6.45) is 1.64. The van der Waals surface area contributed by atoms with E-state index in [1.807, 2.05) is 61.5 Å². The molecule has 4 aromatic rings. The Bertz CT molecular complexity index is 1230. The van der Waals surface area contributed by atoms with Gasteiger partial charge in [0.1, 0.15) is 11.5 Å². The molecule has 0 fully saturated rings. The van der Waals surface area contributed by atoms with Crippen LogP contribution in [-0.2, 0) is 6.54 Å². The van der Waals surface area contributed by atoms with Crippen LogP contribution in [0.3, 0.4) is 0 Å². The molecule has 0 bridgehead atoms. The van der Waals surface area contributed by atoms with Crippen LogP contribution in [0.15, 0.2) is 79.0 Å². The minimum Gasteiger partial charge on any atom is -0.507 e. The largest absolute Gasteiger partial charge is 0.507 e. The zero-order chi connectivity index (χ0) is 22.0. The number of hydrogen-bond donors (Lipinski definition) is 2. The highest BCUT2D eigenvalue weighted by Crippen LogP contribution is 2.36. The molecule has 0 aliphatic carbocycles. The molecule has 31 heavy (non-hydrogen) atoms. The Morgan fingerprint density at radius 1 is 0.968 bits per heavy atom. The number of carbonyl (C=O) groups is 1. The quantitative estimate of drug-likeness (QED) is 0.504. The first-order valence-corrected chi connectivity index (χ1v) is 9.91. The van der Waals surface area contributed by atoms with Gasteiger partial charge in [0.15, 0.2) is 0 Å². The lowest BCUT2D eigenvalue weighted by Gasteiger charge is -2.19. The highest BCUT2D eigenvalue weighted by Gasteiger charge is 2.21. The molecule has 4 rings (SSSR count). The van der Waals surface area contributed by atoms with E-state index < -0.39 is 0 Å². The SMILES string of the molecule is Cc1ccccc1-n1nccc1-c1cc(C(=O)N(C)Cc2ccccc2)c(O)cc1O. The topological polar surface area (TPSA) is 78.6 Å². The Morgan fingerprint density at radius 3 is 2.42 bits per heavy atom. The van der Waals surface area contributed by atoms with E-state index in [0.717, 1.165) is 16.8 Å². The van der Waals surface area contributed by atoms with Crippen molar-refractivity contribution in [2.24, 2.45) is 0 Å². The number of benzene rings is 3. The van der Waals surface area contributed by atoms with E-state index in [2.05, 4.69) is 5.10 Å². The third-order valence-corrected chi connectivity index (χ3v) is 5.22. The molecule has 0 aliphatic rings. The molecule has 0 unspecified atom stereocenters. The van der Waals surface area contributed by atoms with Gasteiger partial charge in [-0.3, -0.25) is 4.79 Å². The Labute approximate surface area is 180 Å². The number of phenols is 2. The fraction of sp³-hybridized carbons (Fsp3) is 0.120. The number of carbonyl (C=O) groups excluding carboxylic acids is 1. The van der Waals surface area contributed by atoms with Crippen molar-refractivity contribution >= 4 is 5.91 Å². The maximum atomic E-state index is 13.1. The first-order chi connectivity index (χ1) is 15.0. The van der Waals surface area contributed by atoms with Gasteiger partial charge in [-0.1, -0.05) is 48.5 Å². The van der Waals surface area contributed by atoms with Gasteiger partial charge >= 0.3 is 0 Å². The predicted molar refractivity (Wildman–Crippen MR) is 119 cm³/mol. The number of nitrogens with zero attached hydrogens (tertiary/aromatic N) is 3. The second-order valence-electron chi connectivity index (χ2n) is 7.45. The van der Waals surface area contributed by atoms with Crippen molar-refractivity contribution in [1.29, 1.82) is 0 Å². The van der Waals surface area contributed by atoms with Crippen LogP contribution in [0.4, 0.5) is 0 Å². The molecule has 156 valence electrons. The van der Waals surface area contributed by atoms with Crippen LogP contribution in [0.25, 0.3) is 16.9 Å². The Morgan fingerprint density at radius 2 is 1.68 bits per heavy atom. The van der Waals surface area contributed by atoms with Crippen LogP contribution in [0.1, 0.15) is 21.5 Å². The summed E-state index contributed by atoms with van der Waals surface area (Å²) in [5.41, 5.74) is 4.01. The zero-order valence-electron chi connectivity index (χ0n) is 17.4. The van der Waals surface area contributed by atoms with E-state index in [9.17, 15) is 15.0 Å². The van der Waals surface area contributed by atoms with Crippen LogP contribution in [-0.4, -0.2) is 37.8 Å². The fourth-order valence-corrected chi connectivity index (χ4v) is 3.59. The van der Waals surface area contributed by atoms with Gasteiger partial charge in [-0.15, -0.1) is 0 Å². The summed E-state index contributed by atoms with van der Waals surface area (Å²) < 4.78 is 1.71. The third-order valence-electron chi connectivity index (χ3n) is 5.22. The summed E-state index contributed by atoms with van der Waals surface area (Å²) in [4.78, 5) is 14.6. The Kier molecular flexibility index (Phi) is 5.45. The number of phenolic OH excluding ortho intramolecular Hbond substituents is 2. The molecule has 2 N–H and O–H groups in total. The molecule has 6 heteroatoms. The van der Waals surface area contributed by atoms with Crippen LogP contribution >= 0.6 is 0 Å². The van der Waals surface area contributed by atoms with Gasteiger partial charge < -0.3 is 15.1 Å². The highest BCUT2D eigenvalue weighted by molar-refractivity contribution is 5.98. The number of aromatic nitrogens is 2. The standard InChI is InChI=1S/C25H23N3O3/c1-17-8-6-7-11-21(17)28-22(12-13-26-28)19-14-20(24(30)15-23(19)29)25(31)27(2)16-18-9-4-3-5-10-18/h3-15,29-30H,16H2,1-2H3. The lowest BCUT2D eigenvalue weighted by Crippen LogP contribution is -2.26. The second kappa shape index (κ2) is 8.36. The molecule has 3 aromatic carbocycles. The minimum absolute atomic E-state index is 0.115. The molecule has 0 radical (unpaired) electrons. The number of para-hydroxylation sites is 1. The molecule has 0 atom stereocenters. The van der Waals surface area contributed by atoms with E-state index >= 15 is 0 Å². The summed E-state index contributed by atoms with van der Waals surface area (Å²) >= 11 is 0. The van der Waals surface area contributed by atoms with E-state index in [0.29, 0.717) is 17.8 Å². The van der Waals surface area contributed by atoms with Crippen molar-refractivity contribution in [3.8, 4) is 28.4 Å². The van der Waals surface area contributed by atoms with Gasteiger partial charge in [0.2, 0.25) is 0 Å². The number of hydrogen-bond acceptors (Lipinski definition) is 4. The molecule has 6 nitrogen and oxygen atoms in total. The average molecular weight is 413 g/mol. The summed E-state index contributed by atoms with van der Waals surface area (Å²) in [6.45, 7) is 2.38. The van der Waals surface area contributed by atoms with Crippen LogP contribution < -0.4 is 0 Å². The van der Waals surface area contributed by atoms with E-state index in [4.69, 9.17) is 0 Å². The van der Waals surface area contributed by atoms with Crippen LogP contribution in [0.5, 0.6) is 11.5 Å². The van der Waals surface area contributed by atoms with E-state index in [1.165, 1.54) is 17.0 Å². The molecule has 0 saturated heterocycles. The summed E-state index contributed by atoms with van der Waals surface area (Å²) in [6, 6.07) is 21.9. The number of aryl methyl sites for hydroxylation is 1. The molecule has 1 heterocycles. The van der Waals surface area contributed by atoms with E-state index in [1.54, 1.807) is 24.0 Å². The maximum Gasteiger partial charge on any atom is 0.257 e. The Balaban J connectivity index is 1.72. The fourth-order valence-electron chi connectivity index (χ4n) is 3.59. The summed E-state index contributed by atoms with van der Waals surface area (Å²) in [5, 5.41) is 25.4. The zero-order valence-corrected chi connectivity index (χ0v) is 17.4. The van der Waals surface area contributed by atoms with Gasteiger partial charge in [0.25, 0.3) is 5.91 Å². The molecule has 0 saturated carbocycles. The predicted octanol–water partition coefficient (Wildman–Crippen LogP) is 4.53. The van der Waals surface area contributed by atoms with E-state index in [-0.39, 0.29) is 23.0 Å². The monoisotopic (exact) mass is 413 g/mol. The third kappa shape index (κ3) is 4.00. The van der Waals surface area contributed by atoms with Crippen molar-refractivity contribution in [3.05, 3.63) is 95.7 Å². The average Bonchev–Trinajstić information content (AvgIpc) is 3.23. The second-order valence-corrected chi connectivity index (χ2v) is 7.45. The highest BCUT2D eigenvalue weighted by atomic mass is 16.3. The van der Waals surface area contributed by atoms with Crippen molar-refractivity contribution in [2.45, 2.75) is 13.5 Å². The molecule has 0 aliphatic heterocycles. The number of amides is 1. The number of aromatic hydroxyl groups is 2. The van der Waals surface area contributed by atoms with Crippen LogP contribution in [0, 0.1) is 6.92 Å². The Hall–Kier alpha value is -4.06. The van der Waals surface area contributed by atoms with Crippen molar-refractivity contribution in [2.75, 3.05) is 7.05 Å². The molecule has 1 aromatic heterocycles.